The van der Waals surface area contributed by atoms with Crippen LogP contribution in [0.15, 0.2) is 18.2 Å². The molecule has 0 saturated heterocycles. The van der Waals surface area contributed by atoms with Crippen LogP contribution in [0.1, 0.15) is 18.1 Å². The number of rotatable bonds is 6. The van der Waals surface area contributed by atoms with E-state index in [4.69, 9.17) is 0 Å². The summed E-state index contributed by atoms with van der Waals surface area (Å²) in [6.07, 6.45) is -7.46. The van der Waals surface area contributed by atoms with Crippen molar-refractivity contribution in [2.45, 2.75) is 26.1 Å². The summed E-state index contributed by atoms with van der Waals surface area (Å²) in [5.74, 6) is -0.576. The molecule has 0 fully saturated rings. The third-order valence-corrected chi connectivity index (χ3v) is 2.29. The van der Waals surface area contributed by atoms with E-state index in [9.17, 15) is 22.0 Å². The molecule has 0 saturated carbocycles. The molecule has 1 aromatic carbocycles. The fraction of sp³-hybridized carbons (Fsp3) is 0.500. The van der Waals surface area contributed by atoms with Gasteiger partial charge in [0.15, 0.2) is 0 Å². The molecule has 0 unspecified atom stereocenters. The van der Waals surface area contributed by atoms with E-state index in [0.717, 1.165) is 12.1 Å². The number of ether oxygens (including phenoxy) is 1. The second-order valence-corrected chi connectivity index (χ2v) is 3.81. The van der Waals surface area contributed by atoms with E-state index >= 15 is 0 Å². The van der Waals surface area contributed by atoms with Gasteiger partial charge in [0, 0.05) is 6.54 Å². The van der Waals surface area contributed by atoms with E-state index in [1.54, 1.807) is 0 Å². The number of nitrogens with one attached hydrogen (secondary N) is 1. The minimum atomic E-state index is -4.64. The normalized spacial score (nSPS) is 11.9. The first-order valence-electron chi connectivity index (χ1n) is 5.66. The first-order valence-corrected chi connectivity index (χ1v) is 5.66. The van der Waals surface area contributed by atoms with Crippen molar-refractivity contribution in [3.8, 4) is 5.75 Å². The van der Waals surface area contributed by atoms with E-state index < -0.39 is 30.5 Å². The van der Waals surface area contributed by atoms with Crippen LogP contribution in [0.5, 0.6) is 5.75 Å². The average molecular weight is 283 g/mol. The van der Waals surface area contributed by atoms with Crippen molar-refractivity contribution >= 4 is 0 Å². The predicted molar refractivity (Wildman–Crippen MR) is 60.3 cm³/mol. The summed E-state index contributed by atoms with van der Waals surface area (Å²) in [6, 6.07) is 3.39. The summed E-state index contributed by atoms with van der Waals surface area (Å²) in [6.45, 7) is 1.65. The molecule has 1 rings (SSSR count). The Hall–Kier alpha value is -1.37. The van der Waals surface area contributed by atoms with Gasteiger partial charge in [-0.2, -0.15) is 13.2 Å². The Morgan fingerprint density at radius 3 is 2.47 bits per heavy atom. The Morgan fingerprint density at radius 2 is 1.95 bits per heavy atom. The molecule has 0 aliphatic carbocycles. The van der Waals surface area contributed by atoms with E-state index in [-0.39, 0.29) is 6.54 Å². The van der Waals surface area contributed by atoms with Gasteiger partial charge in [0.25, 0.3) is 6.43 Å². The lowest BCUT2D eigenvalue weighted by Crippen LogP contribution is -2.15. The molecule has 0 heterocycles. The van der Waals surface area contributed by atoms with Crippen molar-refractivity contribution in [3.05, 3.63) is 29.3 Å². The summed E-state index contributed by atoms with van der Waals surface area (Å²) in [4.78, 5) is 0. The van der Waals surface area contributed by atoms with E-state index in [1.807, 2.05) is 6.92 Å². The van der Waals surface area contributed by atoms with Crippen LogP contribution in [0.3, 0.4) is 0 Å². The lowest BCUT2D eigenvalue weighted by molar-refractivity contribution is -0.139. The number of hydrogen-bond donors (Lipinski definition) is 1. The average Bonchev–Trinajstić information content (AvgIpc) is 2.33. The van der Waals surface area contributed by atoms with Crippen molar-refractivity contribution in [2.24, 2.45) is 0 Å². The molecule has 7 heteroatoms. The Kier molecular flexibility index (Phi) is 5.53. The smallest absolute Gasteiger partial charge is 0.419 e. The Labute approximate surface area is 107 Å². The largest absolute Gasteiger partial charge is 0.487 e. The molecule has 108 valence electrons. The first kappa shape index (κ1) is 15.7. The quantitative estimate of drug-likeness (QED) is 0.807. The Balaban J connectivity index is 2.96. The summed E-state index contributed by atoms with van der Waals surface area (Å²) in [7, 11) is 0. The molecular formula is C12H14F5NO. The summed E-state index contributed by atoms with van der Waals surface area (Å²) in [5.41, 5.74) is -0.623. The Bertz CT molecular complexity index is 406. The third-order valence-electron chi connectivity index (χ3n) is 2.29. The van der Waals surface area contributed by atoms with Crippen LogP contribution >= 0.6 is 0 Å². The molecule has 0 bridgehead atoms. The van der Waals surface area contributed by atoms with Gasteiger partial charge in [0.1, 0.15) is 12.4 Å². The molecule has 1 aromatic rings. The van der Waals surface area contributed by atoms with Crippen LogP contribution in [0.25, 0.3) is 0 Å². The van der Waals surface area contributed by atoms with Crippen molar-refractivity contribution in [1.29, 1.82) is 0 Å². The lowest BCUT2D eigenvalue weighted by atomic mass is 10.1. The van der Waals surface area contributed by atoms with Crippen molar-refractivity contribution in [3.63, 3.8) is 0 Å². The van der Waals surface area contributed by atoms with Crippen LogP contribution < -0.4 is 10.1 Å². The third kappa shape index (κ3) is 5.02. The van der Waals surface area contributed by atoms with Gasteiger partial charge in [0.2, 0.25) is 0 Å². The van der Waals surface area contributed by atoms with Crippen LogP contribution in [0, 0.1) is 0 Å². The van der Waals surface area contributed by atoms with Crippen LogP contribution in [-0.4, -0.2) is 19.6 Å². The first-order chi connectivity index (χ1) is 8.84. The van der Waals surface area contributed by atoms with Gasteiger partial charge in [0.05, 0.1) is 5.56 Å². The summed E-state index contributed by atoms with van der Waals surface area (Å²) < 4.78 is 66.8. The molecule has 0 radical (unpaired) electrons. The topological polar surface area (TPSA) is 21.3 Å². The molecule has 0 spiro atoms. The highest BCUT2D eigenvalue weighted by Crippen LogP contribution is 2.37. The molecule has 0 aliphatic heterocycles. The minimum absolute atomic E-state index is 0.273. The fourth-order valence-electron chi connectivity index (χ4n) is 1.46. The number of benzene rings is 1. The van der Waals surface area contributed by atoms with E-state index in [2.05, 4.69) is 10.1 Å². The zero-order valence-corrected chi connectivity index (χ0v) is 10.2. The van der Waals surface area contributed by atoms with Gasteiger partial charge in [-0.15, -0.1) is 0 Å². The summed E-state index contributed by atoms with van der Waals surface area (Å²) in [5, 5.41) is 2.88. The molecule has 19 heavy (non-hydrogen) atoms. The standard InChI is InChI=1S/C12H14F5NO/c1-2-18-6-8-3-4-10(19-7-11(13)14)9(5-8)12(15,16)17/h3-5,11,18H,2,6-7H2,1H3. The molecule has 0 aliphatic rings. The maximum atomic E-state index is 12.8. The number of hydrogen-bond acceptors (Lipinski definition) is 2. The maximum Gasteiger partial charge on any atom is 0.419 e. The minimum Gasteiger partial charge on any atom is -0.487 e. The van der Waals surface area contributed by atoms with Crippen molar-refractivity contribution in [1.82, 2.24) is 5.32 Å². The molecule has 0 aromatic heterocycles. The highest BCUT2D eigenvalue weighted by atomic mass is 19.4. The number of alkyl halides is 5. The second-order valence-electron chi connectivity index (χ2n) is 3.81. The molecule has 0 atom stereocenters. The molecule has 2 nitrogen and oxygen atoms in total. The van der Waals surface area contributed by atoms with Gasteiger partial charge in [-0.1, -0.05) is 13.0 Å². The van der Waals surface area contributed by atoms with E-state index in [0.29, 0.717) is 12.1 Å². The van der Waals surface area contributed by atoms with E-state index in [1.165, 1.54) is 6.07 Å². The van der Waals surface area contributed by atoms with Crippen molar-refractivity contribution in [2.75, 3.05) is 13.2 Å². The zero-order chi connectivity index (χ0) is 14.5. The zero-order valence-electron chi connectivity index (χ0n) is 10.2. The van der Waals surface area contributed by atoms with Gasteiger partial charge < -0.3 is 10.1 Å². The SMILES string of the molecule is CCNCc1ccc(OCC(F)F)c(C(F)(F)F)c1. The Morgan fingerprint density at radius 1 is 1.26 bits per heavy atom. The fourth-order valence-corrected chi connectivity index (χ4v) is 1.46. The molecule has 1 N–H and O–H groups in total. The molecule has 0 amide bonds. The number of halogens is 5. The van der Waals surface area contributed by atoms with Gasteiger partial charge in [-0.3, -0.25) is 0 Å². The van der Waals surface area contributed by atoms with Crippen LogP contribution in [0.4, 0.5) is 22.0 Å². The summed E-state index contributed by atoms with van der Waals surface area (Å²) >= 11 is 0. The van der Waals surface area contributed by atoms with Gasteiger partial charge in [-0.25, -0.2) is 8.78 Å². The van der Waals surface area contributed by atoms with Gasteiger partial charge in [-0.05, 0) is 24.2 Å². The maximum absolute atomic E-state index is 12.8. The van der Waals surface area contributed by atoms with Crippen LogP contribution in [0.2, 0.25) is 0 Å². The monoisotopic (exact) mass is 283 g/mol. The van der Waals surface area contributed by atoms with Gasteiger partial charge >= 0.3 is 6.18 Å². The second kappa shape index (κ2) is 6.70. The molecular weight excluding hydrogens is 269 g/mol. The highest BCUT2D eigenvalue weighted by molar-refractivity contribution is 5.39. The van der Waals surface area contributed by atoms with Crippen molar-refractivity contribution < 1.29 is 26.7 Å². The predicted octanol–water partition coefficient (Wildman–Crippen LogP) is 3.46. The highest BCUT2D eigenvalue weighted by Gasteiger charge is 2.34. The van der Waals surface area contributed by atoms with Crippen LogP contribution in [-0.2, 0) is 12.7 Å². The lowest BCUT2D eigenvalue weighted by Gasteiger charge is -2.15.